The number of nitrogens with zero attached hydrogens (tertiary/aromatic N) is 3. The molecule has 6 nitrogen and oxygen atoms in total. The molecule has 2 aromatic carbocycles. The number of rotatable bonds is 9. The number of hydrogen-bond donors (Lipinski definition) is 0. The molecular weight excluding hydrogens is 509 g/mol. The van der Waals surface area contributed by atoms with E-state index in [1.165, 1.54) is 0 Å². The van der Waals surface area contributed by atoms with E-state index in [0.717, 1.165) is 93.6 Å². The summed E-state index contributed by atoms with van der Waals surface area (Å²) in [7, 11) is 0. The maximum Gasteiger partial charge on any atom is 0.315 e. The van der Waals surface area contributed by atoms with Crippen molar-refractivity contribution in [1.29, 1.82) is 0 Å². The van der Waals surface area contributed by atoms with Crippen molar-refractivity contribution >= 4 is 45.8 Å². The van der Waals surface area contributed by atoms with E-state index in [4.69, 9.17) is 32.7 Å². The molecule has 0 spiro atoms. The Labute approximate surface area is 228 Å². The highest BCUT2D eigenvalue weighted by molar-refractivity contribution is 6.43. The molecule has 3 aromatic rings. The number of carbonyl (C=O) groups excluding carboxylic acids is 1. The highest BCUT2D eigenvalue weighted by atomic mass is 35.5. The standard InChI is InChI=1S/C29H33Cl2N3O3/c30-24-8-5-9-26(28(24)31)34-17-15-33(16-18-34)14-3-4-19-36-23-12-10-21-11-13-27(32-25(21)20-23)37-29(35)22-6-1-2-7-22/h5,8-13,20,22H,1-4,6-7,14-19H2. The first-order chi connectivity index (χ1) is 18.1. The van der Waals surface area contributed by atoms with E-state index in [1.807, 2.05) is 42.5 Å². The van der Waals surface area contributed by atoms with Gasteiger partial charge in [0, 0.05) is 43.7 Å². The topological polar surface area (TPSA) is 54.9 Å². The van der Waals surface area contributed by atoms with Crippen LogP contribution in [-0.4, -0.2) is 55.2 Å². The fourth-order valence-corrected chi connectivity index (χ4v) is 5.56. The van der Waals surface area contributed by atoms with Crippen LogP contribution in [0.25, 0.3) is 10.9 Å². The lowest BCUT2D eigenvalue weighted by Gasteiger charge is -2.36. The van der Waals surface area contributed by atoms with Crippen LogP contribution in [0.3, 0.4) is 0 Å². The van der Waals surface area contributed by atoms with Crippen molar-refractivity contribution < 1.29 is 14.3 Å². The Hall–Kier alpha value is -2.54. The summed E-state index contributed by atoms with van der Waals surface area (Å²) in [6.45, 7) is 5.61. The third-order valence-corrected chi connectivity index (χ3v) is 8.12. The first kappa shape index (κ1) is 26.1. The van der Waals surface area contributed by atoms with Crippen LogP contribution in [0.15, 0.2) is 48.5 Å². The van der Waals surface area contributed by atoms with Crippen LogP contribution in [0.1, 0.15) is 38.5 Å². The Morgan fingerprint density at radius 2 is 1.76 bits per heavy atom. The van der Waals surface area contributed by atoms with Crippen LogP contribution in [-0.2, 0) is 4.79 Å². The zero-order chi connectivity index (χ0) is 25.6. The molecule has 2 heterocycles. The van der Waals surface area contributed by atoms with Gasteiger partial charge in [-0.05, 0) is 62.6 Å². The zero-order valence-electron chi connectivity index (χ0n) is 21.0. The van der Waals surface area contributed by atoms with Gasteiger partial charge in [0.15, 0.2) is 0 Å². The van der Waals surface area contributed by atoms with Gasteiger partial charge in [-0.3, -0.25) is 9.69 Å². The fourth-order valence-electron chi connectivity index (χ4n) is 5.15. The molecule has 1 aliphatic heterocycles. The van der Waals surface area contributed by atoms with Crippen molar-refractivity contribution in [3.05, 3.63) is 58.6 Å². The normalized spacial score (nSPS) is 16.9. The Morgan fingerprint density at radius 3 is 2.57 bits per heavy atom. The Bertz CT molecular complexity index is 1220. The third kappa shape index (κ3) is 6.67. The van der Waals surface area contributed by atoms with Gasteiger partial charge in [0.25, 0.3) is 0 Å². The quantitative estimate of drug-likeness (QED) is 0.224. The first-order valence-electron chi connectivity index (χ1n) is 13.2. The van der Waals surface area contributed by atoms with Crippen LogP contribution in [0.4, 0.5) is 5.69 Å². The molecule has 1 saturated heterocycles. The number of esters is 1. The summed E-state index contributed by atoms with van der Waals surface area (Å²) in [5.74, 6) is 0.995. The van der Waals surface area contributed by atoms with E-state index in [2.05, 4.69) is 14.8 Å². The van der Waals surface area contributed by atoms with Gasteiger partial charge in [-0.2, -0.15) is 0 Å². The van der Waals surface area contributed by atoms with Gasteiger partial charge in [-0.15, -0.1) is 0 Å². The van der Waals surface area contributed by atoms with Gasteiger partial charge >= 0.3 is 5.97 Å². The highest BCUT2D eigenvalue weighted by Gasteiger charge is 2.25. The maximum absolute atomic E-state index is 12.3. The van der Waals surface area contributed by atoms with Crippen molar-refractivity contribution in [2.24, 2.45) is 5.92 Å². The van der Waals surface area contributed by atoms with Crippen molar-refractivity contribution in [3.63, 3.8) is 0 Å². The molecule has 1 aromatic heterocycles. The second-order valence-electron chi connectivity index (χ2n) is 9.86. The minimum Gasteiger partial charge on any atom is -0.494 e. The number of piperazine rings is 1. The highest BCUT2D eigenvalue weighted by Crippen LogP contribution is 2.33. The van der Waals surface area contributed by atoms with Crippen LogP contribution in [0.2, 0.25) is 10.0 Å². The Morgan fingerprint density at radius 1 is 0.973 bits per heavy atom. The van der Waals surface area contributed by atoms with Crippen molar-refractivity contribution in [1.82, 2.24) is 9.88 Å². The average molecular weight is 543 g/mol. The molecular formula is C29H33Cl2N3O3. The van der Waals surface area contributed by atoms with Crippen LogP contribution in [0.5, 0.6) is 11.6 Å². The molecule has 2 aliphatic rings. The SMILES string of the molecule is O=C(Oc1ccc2ccc(OCCCCN3CCN(c4cccc(Cl)c4Cl)CC3)cc2n1)C1CCCC1. The molecule has 0 radical (unpaired) electrons. The second-order valence-corrected chi connectivity index (χ2v) is 10.6. The largest absolute Gasteiger partial charge is 0.494 e. The predicted molar refractivity (Wildman–Crippen MR) is 149 cm³/mol. The lowest BCUT2D eigenvalue weighted by Crippen LogP contribution is -2.46. The van der Waals surface area contributed by atoms with Gasteiger partial charge < -0.3 is 14.4 Å². The average Bonchev–Trinajstić information content (AvgIpc) is 3.46. The minimum atomic E-state index is -0.161. The number of unbranched alkanes of at least 4 members (excludes halogenated alkanes) is 1. The lowest BCUT2D eigenvalue weighted by molar-refractivity contribution is -0.138. The molecule has 0 unspecified atom stereocenters. The van der Waals surface area contributed by atoms with E-state index < -0.39 is 0 Å². The molecule has 2 fully saturated rings. The summed E-state index contributed by atoms with van der Waals surface area (Å²) in [5.41, 5.74) is 1.79. The molecule has 1 saturated carbocycles. The summed E-state index contributed by atoms with van der Waals surface area (Å²) in [5, 5.41) is 2.23. The number of benzene rings is 2. The van der Waals surface area contributed by atoms with Crippen molar-refractivity contribution in [2.75, 3.05) is 44.2 Å². The van der Waals surface area contributed by atoms with E-state index in [1.54, 1.807) is 6.07 Å². The molecule has 196 valence electrons. The molecule has 37 heavy (non-hydrogen) atoms. The van der Waals surface area contributed by atoms with Gasteiger partial charge in [-0.1, -0.05) is 42.1 Å². The summed E-state index contributed by atoms with van der Waals surface area (Å²) >= 11 is 12.6. The van der Waals surface area contributed by atoms with Crippen LogP contribution in [0, 0.1) is 5.92 Å². The van der Waals surface area contributed by atoms with Gasteiger partial charge in [0.05, 0.1) is 33.8 Å². The third-order valence-electron chi connectivity index (χ3n) is 7.31. The first-order valence-corrected chi connectivity index (χ1v) is 14.0. The minimum absolute atomic E-state index is 0.0116. The molecule has 0 amide bonds. The van der Waals surface area contributed by atoms with Crippen molar-refractivity contribution in [3.8, 4) is 11.6 Å². The van der Waals surface area contributed by atoms with Crippen molar-refractivity contribution in [2.45, 2.75) is 38.5 Å². The second kappa shape index (κ2) is 12.3. The molecule has 5 rings (SSSR count). The number of aromatic nitrogens is 1. The van der Waals surface area contributed by atoms with Gasteiger partial charge in [-0.25, -0.2) is 4.98 Å². The van der Waals surface area contributed by atoms with Gasteiger partial charge in [0.1, 0.15) is 5.75 Å². The zero-order valence-corrected chi connectivity index (χ0v) is 22.5. The van der Waals surface area contributed by atoms with Crippen LogP contribution >= 0.6 is 23.2 Å². The number of ether oxygens (including phenoxy) is 2. The van der Waals surface area contributed by atoms with E-state index >= 15 is 0 Å². The van der Waals surface area contributed by atoms with E-state index in [9.17, 15) is 4.79 Å². The monoisotopic (exact) mass is 541 g/mol. The smallest absolute Gasteiger partial charge is 0.315 e. The van der Waals surface area contributed by atoms with E-state index in [0.29, 0.717) is 22.5 Å². The number of anilines is 1. The van der Waals surface area contributed by atoms with Gasteiger partial charge in [0.2, 0.25) is 5.88 Å². The fraction of sp³-hybridized carbons (Fsp3) is 0.448. The molecule has 8 heteroatoms. The summed E-state index contributed by atoms with van der Waals surface area (Å²) in [4.78, 5) is 21.7. The molecule has 0 N–H and O–H groups in total. The predicted octanol–water partition coefficient (Wildman–Crippen LogP) is 6.62. The number of fused-ring (bicyclic) bond motifs is 1. The number of hydrogen-bond acceptors (Lipinski definition) is 6. The maximum atomic E-state index is 12.3. The number of halogens is 2. The van der Waals surface area contributed by atoms with E-state index in [-0.39, 0.29) is 11.9 Å². The summed E-state index contributed by atoms with van der Waals surface area (Å²) < 4.78 is 11.6. The lowest BCUT2D eigenvalue weighted by atomic mass is 10.1. The summed E-state index contributed by atoms with van der Waals surface area (Å²) in [6, 6.07) is 15.4. The Balaban J connectivity index is 1.04. The number of pyridine rings is 1. The Kier molecular flexibility index (Phi) is 8.70. The van der Waals surface area contributed by atoms with Crippen LogP contribution < -0.4 is 14.4 Å². The molecule has 0 atom stereocenters. The molecule has 1 aliphatic carbocycles. The summed E-state index contributed by atoms with van der Waals surface area (Å²) in [6.07, 6.45) is 6.08. The molecule has 0 bridgehead atoms. The number of carbonyl (C=O) groups is 1.